The highest BCUT2D eigenvalue weighted by Gasteiger charge is 2.38. The summed E-state index contributed by atoms with van der Waals surface area (Å²) in [6.45, 7) is 3.35. The Kier molecular flexibility index (Phi) is 3.56. The first kappa shape index (κ1) is 14.0. The molecule has 2 N–H and O–H groups in total. The number of hydrogen-bond donors (Lipinski definition) is 2. The van der Waals surface area contributed by atoms with E-state index in [2.05, 4.69) is 21.9 Å². The summed E-state index contributed by atoms with van der Waals surface area (Å²) in [7, 11) is -3.47. The van der Waals surface area contributed by atoms with E-state index >= 15 is 0 Å². The third-order valence-electron chi connectivity index (χ3n) is 4.04. The Morgan fingerprint density at radius 1 is 1.35 bits per heavy atom. The lowest BCUT2D eigenvalue weighted by atomic mass is 10.2. The van der Waals surface area contributed by atoms with Crippen molar-refractivity contribution >= 4 is 10.0 Å². The summed E-state index contributed by atoms with van der Waals surface area (Å²) in [5.41, 5.74) is 1.17. The van der Waals surface area contributed by atoms with E-state index in [9.17, 15) is 8.42 Å². The zero-order chi connectivity index (χ0) is 14.2. The van der Waals surface area contributed by atoms with Gasteiger partial charge in [-0.2, -0.15) is 0 Å². The van der Waals surface area contributed by atoms with Crippen molar-refractivity contribution in [3.63, 3.8) is 0 Å². The van der Waals surface area contributed by atoms with Gasteiger partial charge in [0.25, 0.3) is 10.0 Å². The summed E-state index contributed by atoms with van der Waals surface area (Å²) in [6, 6.07) is 4.05. The van der Waals surface area contributed by atoms with Crippen LogP contribution in [0.5, 0.6) is 0 Å². The maximum absolute atomic E-state index is 12.1. The lowest BCUT2D eigenvalue weighted by molar-refractivity contribution is 0.528. The number of hydrogen-bond acceptors (Lipinski definition) is 4. The highest BCUT2D eigenvalue weighted by molar-refractivity contribution is 7.89. The van der Waals surface area contributed by atoms with Gasteiger partial charge < -0.3 is 5.32 Å². The van der Waals surface area contributed by atoms with E-state index < -0.39 is 10.0 Å². The Morgan fingerprint density at radius 3 is 2.65 bits per heavy atom. The molecule has 1 aromatic rings. The molecule has 1 heterocycles. The molecule has 5 nitrogen and oxygen atoms in total. The van der Waals surface area contributed by atoms with Crippen molar-refractivity contribution < 1.29 is 8.42 Å². The SMILES string of the molecule is CC1(CNS(=O)(=O)c2ccc(CNC3CC3)cn2)CC1. The molecule has 2 aliphatic carbocycles. The predicted molar refractivity (Wildman–Crippen MR) is 76.6 cm³/mol. The Bertz CT molecular complexity index is 575. The van der Waals surface area contributed by atoms with Gasteiger partial charge in [0, 0.05) is 25.3 Å². The standard InChI is InChI=1S/C14H21N3O2S/c1-14(6-7-14)10-17-20(18,19)13-5-2-11(9-16-13)8-15-12-3-4-12/h2,5,9,12,15,17H,3-4,6-8,10H2,1H3. The van der Waals surface area contributed by atoms with Gasteiger partial charge in [-0.3, -0.25) is 0 Å². The predicted octanol–water partition coefficient (Wildman–Crippen LogP) is 1.41. The fraction of sp³-hybridized carbons (Fsp3) is 0.643. The molecule has 2 saturated carbocycles. The molecular formula is C14H21N3O2S. The quantitative estimate of drug-likeness (QED) is 0.798. The molecule has 2 aliphatic rings. The van der Waals surface area contributed by atoms with E-state index in [-0.39, 0.29) is 10.4 Å². The Labute approximate surface area is 120 Å². The van der Waals surface area contributed by atoms with Gasteiger partial charge in [0.05, 0.1) is 0 Å². The van der Waals surface area contributed by atoms with E-state index in [1.165, 1.54) is 12.8 Å². The fourth-order valence-corrected chi connectivity index (χ4v) is 3.08. The van der Waals surface area contributed by atoms with Crippen LogP contribution < -0.4 is 10.0 Å². The lowest BCUT2D eigenvalue weighted by Gasteiger charge is -2.10. The number of sulfonamides is 1. The molecule has 0 aliphatic heterocycles. The highest BCUT2D eigenvalue weighted by atomic mass is 32.2. The van der Waals surface area contributed by atoms with Crippen LogP contribution in [0.4, 0.5) is 0 Å². The van der Waals surface area contributed by atoms with Crippen LogP contribution in [-0.4, -0.2) is 26.0 Å². The molecule has 0 aromatic carbocycles. The minimum Gasteiger partial charge on any atom is -0.310 e. The number of nitrogens with zero attached hydrogens (tertiary/aromatic N) is 1. The minimum atomic E-state index is -3.47. The first-order valence-electron chi connectivity index (χ1n) is 7.15. The Morgan fingerprint density at radius 2 is 2.10 bits per heavy atom. The van der Waals surface area contributed by atoms with Gasteiger partial charge in [-0.25, -0.2) is 18.1 Å². The molecule has 20 heavy (non-hydrogen) atoms. The second-order valence-corrected chi connectivity index (χ2v) is 8.01. The summed E-state index contributed by atoms with van der Waals surface area (Å²) < 4.78 is 26.9. The van der Waals surface area contributed by atoms with Gasteiger partial charge in [-0.1, -0.05) is 13.0 Å². The zero-order valence-corrected chi connectivity index (χ0v) is 12.5. The maximum atomic E-state index is 12.1. The molecule has 6 heteroatoms. The second-order valence-electron chi connectivity index (χ2n) is 6.30. The smallest absolute Gasteiger partial charge is 0.258 e. The fourth-order valence-electron chi connectivity index (χ4n) is 1.96. The van der Waals surface area contributed by atoms with Gasteiger partial charge in [-0.15, -0.1) is 0 Å². The number of rotatable bonds is 7. The van der Waals surface area contributed by atoms with Crippen LogP contribution in [0.1, 0.15) is 38.2 Å². The summed E-state index contributed by atoms with van der Waals surface area (Å²) in [6.07, 6.45) is 6.30. The van der Waals surface area contributed by atoms with Crippen LogP contribution in [0.15, 0.2) is 23.4 Å². The van der Waals surface area contributed by atoms with Crippen molar-refractivity contribution in [1.29, 1.82) is 0 Å². The molecule has 0 unspecified atom stereocenters. The van der Waals surface area contributed by atoms with E-state index in [0.29, 0.717) is 12.6 Å². The molecule has 0 amide bonds. The van der Waals surface area contributed by atoms with Gasteiger partial charge in [0.1, 0.15) is 0 Å². The van der Waals surface area contributed by atoms with Gasteiger partial charge >= 0.3 is 0 Å². The normalized spacial score (nSPS) is 20.9. The average molecular weight is 295 g/mol. The number of nitrogens with one attached hydrogen (secondary N) is 2. The first-order valence-corrected chi connectivity index (χ1v) is 8.63. The second kappa shape index (κ2) is 5.09. The Hall–Kier alpha value is -0.980. The zero-order valence-electron chi connectivity index (χ0n) is 11.7. The van der Waals surface area contributed by atoms with E-state index in [0.717, 1.165) is 24.9 Å². The highest BCUT2D eigenvalue weighted by Crippen LogP contribution is 2.44. The lowest BCUT2D eigenvalue weighted by Crippen LogP contribution is -2.29. The third-order valence-corrected chi connectivity index (χ3v) is 5.35. The number of pyridine rings is 1. The summed E-state index contributed by atoms with van der Waals surface area (Å²) in [4.78, 5) is 4.08. The summed E-state index contributed by atoms with van der Waals surface area (Å²) in [5.74, 6) is 0. The maximum Gasteiger partial charge on any atom is 0.258 e. The topological polar surface area (TPSA) is 71.1 Å². The molecule has 3 rings (SSSR count). The molecule has 0 saturated heterocycles. The van der Waals surface area contributed by atoms with Crippen LogP contribution in [0.25, 0.3) is 0 Å². The van der Waals surface area contributed by atoms with E-state index in [4.69, 9.17) is 0 Å². The molecule has 2 fully saturated rings. The van der Waals surface area contributed by atoms with Crippen LogP contribution in [0.3, 0.4) is 0 Å². The molecule has 0 radical (unpaired) electrons. The van der Waals surface area contributed by atoms with Gasteiger partial charge in [-0.05, 0) is 42.7 Å². The summed E-state index contributed by atoms with van der Waals surface area (Å²) >= 11 is 0. The number of aromatic nitrogens is 1. The molecule has 1 aromatic heterocycles. The van der Waals surface area contributed by atoms with Crippen LogP contribution >= 0.6 is 0 Å². The molecule has 0 atom stereocenters. The van der Waals surface area contributed by atoms with Gasteiger partial charge in [0.15, 0.2) is 5.03 Å². The van der Waals surface area contributed by atoms with Crippen LogP contribution in [0, 0.1) is 5.41 Å². The van der Waals surface area contributed by atoms with Crippen LogP contribution in [0.2, 0.25) is 0 Å². The van der Waals surface area contributed by atoms with Crippen molar-refractivity contribution in [3.8, 4) is 0 Å². The summed E-state index contributed by atoms with van der Waals surface area (Å²) in [5, 5.41) is 3.49. The first-order chi connectivity index (χ1) is 9.47. The Balaban J connectivity index is 1.59. The van der Waals surface area contributed by atoms with Crippen molar-refractivity contribution in [2.75, 3.05) is 6.54 Å². The van der Waals surface area contributed by atoms with E-state index in [1.807, 2.05) is 6.07 Å². The van der Waals surface area contributed by atoms with Crippen molar-refractivity contribution in [3.05, 3.63) is 23.9 Å². The van der Waals surface area contributed by atoms with Crippen molar-refractivity contribution in [2.45, 2.75) is 50.2 Å². The van der Waals surface area contributed by atoms with Gasteiger partial charge in [0.2, 0.25) is 0 Å². The van der Waals surface area contributed by atoms with Crippen molar-refractivity contribution in [1.82, 2.24) is 15.0 Å². The molecule has 0 spiro atoms. The van der Waals surface area contributed by atoms with Crippen LogP contribution in [-0.2, 0) is 16.6 Å². The average Bonchev–Trinajstić information content (AvgIpc) is 3.33. The monoisotopic (exact) mass is 295 g/mol. The van der Waals surface area contributed by atoms with E-state index in [1.54, 1.807) is 12.3 Å². The molecule has 0 bridgehead atoms. The third kappa shape index (κ3) is 3.56. The minimum absolute atomic E-state index is 0.108. The van der Waals surface area contributed by atoms with Crippen molar-refractivity contribution in [2.24, 2.45) is 5.41 Å². The molecule has 110 valence electrons. The largest absolute Gasteiger partial charge is 0.310 e. The molecular weight excluding hydrogens is 274 g/mol.